The quantitative estimate of drug-likeness (QED) is 0.245. The lowest BCUT2D eigenvalue weighted by atomic mass is 10.1. The van der Waals surface area contributed by atoms with E-state index in [0.29, 0.717) is 12.4 Å². The lowest BCUT2D eigenvalue weighted by molar-refractivity contribution is 0.258. The summed E-state index contributed by atoms with van der Waals surface area (Å²) in [5, 5.41) is 6.43. The minimum Gasteiger partial charge on any atom is -0.497 e. The molecule has 1 aliphatic rings. The molecule has 0 atom stereocenters. The molecule has 2 aromatic carbocycles. The van der Waals surface area contributed by atoms with E-state index in [4.69, 9.17) is 18.9 Å². The molecular weight excluding hydrogens is 498 g/mol. The fourth-order valence-electron chi connectivity index (χ4n) is 5.11. The van der Waals surface area contributed by atoms with Crippen molar-refractivity contribution >= 4 is 33.0 Å². The van der Waals surface area contributed by atoms with Crippen LogP contribution in [0.4, 0.5) is 5.69 Å². The van der Waals surface area contributed by atoms with E-state index in [1.165, 1.54) is 18.7 Å². The van der Waals surface area contributed by atoms with E-state index < -0.39 is 0 Å². The Morgan fingerprint density at radius 2 is 1.89 bits per heavy atom. The monoisotopic (exact) mass is 531 g/mol. The van der Waals surface area contributed by atoms with Gasteiger partial charge < -0.3 is 18.8 Å². The van der Waals surface area contributed by atoms with Gasteiger partial charge in [0.05, 0.1) is 13.3 Å². The Hall–Kier alpha value is -3.56. The molecule has 0 unspecified atom stereocenters. The largest absolute Gasteiger partial charge is 0.497 e. The average Bonchev–Trinajstić information content (AvgIpc) is 3.61. The van der Waals surface area contributed by atoms with E-state index in [1.54, 1.807) is 23.0 Å². The highest BCUT2D eigenvalue weighted by atomic mass is 32.1. The number of ether oxygens (including phenoxy) is 2. The third kappa shape index (κ3) is 4.83. The third-order valence-electron chi connectivity index (χ3n) is 7.16. The smallest absolute Gasteiger partial charge is 0.212 e. The van der Waals surface area contributed by atoms with Gasteiger partial charge in [-0.1, -0.05) is 24.3 Å². The van der Waals surface area contributed by atoms with Crippen LogP contribution in [-0.2, 0) is 6.61 Å². The molecule has 0 spiro atoms. The molecule has 0 N–H and O–H groups in total. The molecule has 0 bridgehead atoms. The van der Waals surface area contributed by atoms with Crippen molar-refractivity contribution in [1.82, 2.24) is 19.5 Å². The highest BCUT2D eigenvalue weighted by molar-refractivity contribution is 7.16. The van der Waals surface area contributed by atoms with Gasteiger partial charge in [0.25, 0.3) is 0 Å². The minimum atomic E-state index is 0.403. The molecule has 0 amide bonds. The van der Waals surface area contributed by atoms with Crippen LogP contribution in [0.1, 0.15) is 29.5 Å². The van der Waals surface area contributed by atoms with Crippen LogP contribution in [0.15, 0.2) is 47.0 Å². The van der Waals surface area contributed by atoms with Crippen LogP contribution in [0.3, 0.4) is 0 Å². The van der Waals surface area contributed by atoms with Gasteiger partial charge in [-0.3, -0.25) is 4.90 Å². The Kier molecular flexibility index (Phi) is 6.71. The number of hydrogen-bond acceptors (Lipinski definition) is 8. The number of imidazole rings is 1. The van der Waals surface area contributed by atoms with Gasteiger partial charge in [0.15, 0.2) is 5.76 Å². The number of methoxy groups -OCH3 is 1. The van der Waals surface area contributed by atoms with Gasteiger partial charge in [0, 0.05) is 54.9 Å². The maximum absolute atomic E-state index is 6.42. The number of aromatic nitrogens is 3. The highest BCUT2D eigenvalue weighted by Gasteiger charge is 2.19. The number of anilines is 1. The van der Waals surface area contributed by atoms with Crippen LogP contribution in [0, 0.1) is 13.8 Å². The Labute approximate surface area is 226 Å². The minimum absolute atomic E-state index is 0.403. The number of benzene rings is 2. The van der Waals surface area contributed by atoms with E-state index in [0.717, 1.165) is 75.4 Å². The number of aryl methyl sites for hydroxylation is 2. The first-order chi connectivity index (χ1) is 18.5. The number of rotatable bonds is 8. The van der Waals surface area contributed by atoms with E-state index in [9.17, 15) is 0 Å². The maximum Gasteiger partial charge on any atom is 0.212 e. The summed E-state index contributed by atoms with van der Waals surface area (Å²) in [5.41, 5.74) is 4.84. The van der Waals surface area contributed by atoms with Crippen LogP contribution in [0.5, 0.6) is 11.5 Å². The molecule has 198 valence electrons. The van der Waals surface area contributed by atoms with Crippen molar-refractivity contribution < 1.29 is 13.9 Å². The average molecular weight is 532 g/mol. The van der Waals surface area contributed by atoms with E-state index in [-0.39, 0.29) is 0 Å². The number of piperazine rings is 1. The molecule has 1 aliphatic heterocycles. The van der Waals surface area contributed by atoms with E-state index in [1.807, 2.05) is 31.3 Å². The second-order valence-corrected chi connectivity index (χ2v) is 11.0. The molecule has 6 rings (SSSR count). The van der Waals surface area contributed by atoms with E-state index >= 15 is 0 Å². The van der Waals surface area contributed by atoms with Gasteiger partial charge in [-0.05, 0) is 50.6 Å². The SMILES string of the molecule is CCCN1CCN(c2ccc(C)c(OCc3cc(OC)cc4oc(-c5cn6nc(C)sc6n5)cc34)c2)CC1. The Morgan fingerprint density at radius 3 is 2.66 bits per heavy atom. The van der Waals surface area contributed by atoms with Crippen LogP contribution in [0.25, 0.3) is 27.4 Å². The lowest BCUT2D eigenvalue weighted by Gasteiger charge is -2.36. The predicted octanol–water partition coefficient (Wildman–Crippen LogP) is 5.94. The van der Waals surface area contributed by atoms with Crippen molar-refractivity contribution in [2.24, 2.45) is 0 Å². The number of furan rings is 1. The van der Waals surface area contributed by atoms with Crippen LogP contribution in [-0.4, -0.2) is 59.3 Å². The lowest BCUT2D eigenvalue weighted by Crippen LogP contribution is -2.46. The molecule has 4 heterocycles. The number of nitrogens with zero attached hydrogens (tertiary/aromatic N) is 5. The predicted molar refractivity (Wildman–Crippen MR) is 152 cm³/mol. The van der Waals surface area contributed by atoms with Crippen molar-refractivity contribution in [2.75, 3.05) is 44.7 Å². The van der Waals surface area contributed by atoms with Crippen LogP contribution in [0.2, 0.25) is 0 Å². The molecule has 3 aromatic heterocycles. The van der Waals surface area contributed by atoms with Crippen molar-refractivity contribution in [3.63, 3.8) is 0 Å². The maximum atomic E-state index is 6.42. The van der Waals surface area contributed by atoms with Gasteiger partial charge in [-0.2, -0.15) is 5.10 Å². The van der Waals surface area contributed by atoms with Crippen LogP contribution >= 0.6 is 11.3 Å². The standard InChI is InChI=1S/C29H33N5O3S/c1-5-8-32-9-11-33(12-10-32)22-7-6-19(2)26(14-22)36-18-21-13-23(35-4)15-27-24(21)16-28(37-27)25-17-34-29(30-25)38-20(3)31-34/h6-7,13-17H,5,8-12,18H2,1-4H3. The summed E-state index contributed by atoms with van der Waals surface area (Å²) in [6, 6.07) is 12.5. The summed E-state index contributed by atoms with van der Waals surface area (Å²) in [5.74, 6) is 2.33. The zero-order valence-electron chi connectivity index (χ0n) is 22.4. The Balaban J connectivity index is 1.25. The zero-order valence-corrected chi connectivity index (χ0v) is 23.2. The van der Waals surface area contributed by atoms with Crippen LogP contribution < -0.4 is 14.4 Å². The third-order valence-corrected chi connectivity index (χ3v) is 8.00. The molecule has 1 fully saturated rings. The summed E-state index contributed by atoms with van der Waals surface area (Å²) >= 11 is 1.56. The van der Waals surface area contributed by atoms with Gasteiger partial charge >= 0.3 is 0 Å². The van der Waals surface area contributed by atoms with Crippen molar-refractivity contribution in [3.05, 3.63) is 58.7 Å². The normalized spacial score (nSPS) is 14.6. The summed E-state index contributed by atoms with van der Waals surface area (Å²) in [6.45, 7) is 12.2. The zero-order chi connectivity index (χ0) is 26.2. The van der Waals surface area contributed by atoms with Gasteiger partial charge in [0.2, 0.25) is 4.96 Å². The van der Waals surface area contributed by atoms with Gasteiger partial charge in [-0.25, -0.2) is 9.50 Å². The first-order valence-electron chi connectivity index (χ1n) is 13.1. The van der Waals surface area contributed by atoms with Gasteiger partial charge in [0.1, 0.15) is 34.4 Å². The summed E-state index contributed by atoms with van der Waals surface area (Å²) in [4.78, 5) is 10.5. The van der Waals surface area contributed by atoms with Crippen molar-refractivity contribution in [3.8, 4) is 23.0 Å². The van der Waals surface area contributed by atoms with Crippen molar-refractivity contribution in [1.29, 1.82) is 0 Å². The molecule has 0 saturated carbocycles. The second kappa shape index (κ2) is 10.3. The molecular formula is C29H33N5O3S. The molecule has 0 radical (unpaired) electrons. The first-order valence-corrected chi connectivity index (χ1v) is 14.0. The second-order valence-electron chi connectivity index (χ2n) is 9.85. The Morgan fingerprint density at radius 1 is 1.05 bits per heavy atom. The molecule has 9 heteroatoms. The topological polar surface area (TPSA) is 68.3 Å². The summed E-state index contributed by atoms with van der Waals surface area (Å²) in [6.07, 6.45) is 3.11. The van der Waals surface area contributed by atoms with E-state index in [2.05, 4.69) is 46.9 Å². The number of fused-ring (bicyclic) bond motifs is 2. The molecule has 38 heavy (non-hydrogen) atoms. The highest BCUT2D eigenvalue weighted by Crippen LogP contribution is 2.34. The van der Waals surface area contributed by atoms with Gasteiger partial charge in [-0.15, -0.1) is 0 Å². The fourth-order valence-corrected chi connectivity index (χ4v) is 5.83. The number of hydrogen-bond donors (Lipinski definition) is 0. The molecule has 5 aromatic rings. The fraction of sp³-hybridized carbons (Fsp3) is 0.379. The summed E-state index contributed by atoms with van der Waals surface area (Å²) in [7, 11) is 1.67. The Bertz CT molecular complexity index is 1550. The molecule has 8 nitrogen and oxygen atoms in total. The van der Waals surface area contributed by atoms with Crippen molar-refractivity contribution in [2.45, 2.75) is 33.8 Å². The molecule has 0 aliphatic carbocycles. The molecule has 1 saturated heterocycles. The summed E-state index contributed by atoms with van der Waals surface area (Å²) < 4.78 is 20.0. The first kappa shape index (κ1) is 24.8.